The van der Waals surface area contributed by atoms with E-state index in [2.05, 4.69) is 0 Å². The number of ether oxygens (including phenoxy) is 4. The van der Waals surface area contributed by atoms with Crippen molar-refractivity contribution in [3.05, 3.63) is 67.8 Å². The zero-order chi connectivity index (χ0) is 21.0. The summed E-state index contributed by atoms with van der Waals surface area (Å²) in [6, 6.07) is 7.38. The Hall–Kier alpha value is -3.57. The van der Waals surface area contributed by atoms with Crippen molar-refractivity contribution in [3.8, 4) is 11.5 Å². The molecule has 0 N–H and O–H groups in total. The zero-order valence-corrected chi connectivity index (χ0v) is 15.2. The lowest BCUT2D eigenvalue weighted by Gasteiger charge is -2.23. The van der Waals surface area contributed by atoms with Crippen LogP contribution in [0.25, 0.3) is 0 Å². The molecule has 0 atom stereocenters. The second-order valence-corrected chi connectivity index (χ2v) is 5.94. The highest BCUT2D eigenvalue weighted by Crippen LogP contribution is 2.34. The van der Waals surface area contributed by atoms with Gasteiger partial charge in [0.1, 0.15) is 0 Å². The van der Waals surface area contributed by atoms with Gasteiger partial charge in [0.25, 0.3) is 0 Å². The number of carbonyl (C=O) groups excluding carboxylic acids is 1. The molecule has 1 saturated heterocycles. The van der Waals surface area contributed by atoms with Crippen LogP contribution in [0.2, 0.25) is 0 Å². The van der Waals surface area contributed by atoms with Crippen LogP contribution in [0.5, 0.6) is 11.5 Å². The number of esters is 1. The van der Waals surface area contributed by atoms with Gasteiger partial charge in [0.05, 0.1) is 35.7 Å². The van der Waals surface area contributed by atoms with Crippen LogP contribution >= 0.6 is 0 Å². The van der Waals surface area contributed by atoms with E-state index >= 15 is 0 Å². The number of nitro groups is 2. The minimum atomic E-state index is -0.931. The predicted octanol–water partition coefficient (Wildman–Crippen LogP) is 3.17. The Labute approximate surface area is 164 Å². The van der Waals surface area contributed by atoms with E-state index in [0.717, 1.165) is 18.6 Å². The van der Waals surface area contributed by atoms with Crippen LogP contribution in [0.4, 0.5) is 11.4 Å². The standard InChI is InChI=1S/C18H16N2O9/c1-26-16-10-11(3-5-13(16)19(22)23)17(21)29-15-6-4-12(9-14(15)20(24)25)18-27-7-2-8-28-18/h3-6,9-10,18H,2,7-8H2,1H3. The van der Waals surface area contributed by atoms with Crippen LogP contribution in [-0.2, 0) is 9.47 Å². The first-order valence-electron chi connectivity index (χ1n) is 8.47. The van der Waals surface area contributed by atoms with Crippen molar-refractivity contribution in [2.45, 2.75) is 12.7 Å². The summed E-state index contributed by atoms with van der Waals surface area (Å²) in [4.78, 5) is 33.4. The first-order chi connectivity index (χ1) is 13.9. The van der Waals surface area contributed by atoms with Gasteiger partial charge in [-0.25, -0.2) is 4.79 Å². The summed E-state index contributed by atoms with van der Waals surface area (Å²) in [5, 5.41) is 22.4. The number of nitro benzene ring substituents is 2. The Balaban J connectivity index is 1.86. The van der Waals surface area contributed by atoms with E-state index in [1.165, 1.54) is 31.4 Å². The summed E-state index contributed by atoms with van der Waals surface area (Å²) in [6.45, 7) is 0.939. The van der Waals surface area contributed by atoms with E-state index in [9.17, 15) is 25.0 Å². The number of hydrogen-bond donors (Lipinski definition) is 0. The molecular formula is C18H16N2O9. The van der Waals surface area contributed by atoms with Crippen LogP contribution in [0.3, 0.4) is 0 Å². The second kappa shape index (κ2) is 8.63. The van der Waals surface area contributed by atoms with Crippen molar-refractivity contribution >= 4 is 17.3 Å². The van der Waals surface area contributed by atoms with Crippen LogP contribution in [0.15, 0.2) is 36.4 Å². The van der Waals surface area contributed by atoms with Gasteiger partial charge in [-0.1, -0.05) is 0 Å². The van der Waals surface area contributed by atoms with Gasteiger partial charge < -0.3 is 18.9 Å². The zero-order valence-electron chi connectivity index (χ0n) is 15.2. The van der Waals surface area contributed by atoms with Crippen molar-refractivity contribution in [1.82, 2.24) is 0 Å². The maximum absolute atomic E-state index is 12.4. The molecule has 1 fully saturated rings. The molecular weight excluding hydrogens is 388 g/mol. The molecule has 1 aliphatic rings. The van der Waals surface area contributed by atoms with Crippen LogP contribution < -0.4 is 9.47 Å². The molecule has 2 aromatic rings. The molecule has 0 amide bonds. The van der Waals surface area contributed by atoms with E-state index in [4.69, 9.17) is 18.9 Å². The SMILES string of the molecule is COc1cc(C(=O)Oc2ccc(C3OCCCO3)cc2[N+](=O)[O-])ccc1[N+](=O)[O-]. The normalized spacial score (nSPS) is 14.2. The monoisotopic (exact) mass is 404 g/mol. The Bertz CT molecular complexity index is 954. The summed E-state index contributed by atoms with van der Waals surface area (Å²) in [5.74, 6) is -1.35. The topological polar surface area (TPSA) is 140 Å². The Morgan fingerprint density at radius 2 is 1.69 bits per heavy atom. The third kappa shape index (κ3) is 4.47. The lowest BCUT2D eigenvalue weighted by atomic mass is 10.1. The number of nitrogens with zero attached hydrogens (tertiary/aromatic N) is 2. The van der Waals surface area contributed by atoms with E-state index in [1.54, 1.807) is 0 Å². The average Bonchev–Trinajstić information content (AvgIpc) is 2.73. The first kappa shape index (κ1) is 20.2. The van der Waals surface area contributed by atoms with Crippen LogP contribution in [0.1, 0.15) is 28.6 Å². The fourth-order valence-electron chi connectivity index (χ4n) is 2.70. The van der Waals surface area contributed by atoms with Gasteiger partial charge in [-0.2, -0.15) is 0 Å². The molecule has 0 aliphatic carbocycles. The molecule has 2 aromatic carbocycles. The lowest BCUT2D eigenvalue weighted by Crippen LogP contribution is -2.18. The fraction of sp³-hybridized carbons (Fsp3) is 0.278. The van der Waals surface area contributed by atoms with Gasteiger partial charge in [-0.3, -0.25) is 20.2 Å². The highest BCUT2D eigenvalue weighted by atomic mass is 16.7. The molecule has 29 heavy (non-hydrogen) atoms. The third-order valence-electron chi connectivity index (χ3n) is 4.09. The molecule has 0 radical (unpaired) electrons. The fourth-order valence-corrected chi connectivity index (χ4v) is 2.70. The summed E-state index contributed by atoms with van der Waals surface area (Å²) in [5.41, 5.74) is -0.410. The van der Waals surface area contributed by atoms with Crippen LogP contribution in [-0.4, -0.2) is 36.1 Å². The van der Waals surface area contributed by atoms with Gasteiger partial charge in [0, 0.05) is 23.8 Å². The van der Waals surface area contributed by atoms with Crippen molar-refractivity contribution in [2.75, 3.05) is 20.3 Å². The first-order valence-corrected chi connectivity index (χ1v) is 8.47. The van der Waals surface area contributed by atoms with E-state index in [1.807, 2.05) is 0 Å². The maximum atomic E-state index is 12.4. The lowest BCUT2D eigenvalue weighted by molar-refractivity contribution is -0.386. The van der Waals surface area contributed by atoms with Gasteiger partial charge >= 0.3 is 17.3 Å². The molecule has 0 unspecified atom stereocenters. The molecule has 3 rings (SSSR count). The summed E-state index contributed by atoms with van der Waals surface area (Å²) >= 11 is 0. The maximum Gasteiger partial charge on any atom is 0.343 e. The quantitative estimate of drug-likeness (QED) is 0.307. The minimum Gasteiger partial charge on any atom is -0.490 e. The molecule has 0 spiro atoms. The number of hydrogen-bond acceptors (Lipinski definition) is 9. The highest BCUT2D eigenvalue weighted by molar-refractivity contribution is 5.92. The van der Waals surface area contributed by atoms with Gasteiger partial charge in [0.15, 0.2) is 12.0 Å². The summed E-state index contributed by atoms with van der Waals surface area (Å²) in [6.07, 6.45) is -0.00127. The molecule has 0 saturated carbocycles. The number of carbonyl (C=O) groups is 1. The molecule has 0 bridgehead atoms. The molecule has 1 aliphatic heterocycles. The number of rotatable bonds is 6. The minimum absolute atomic E-state index is 0.0650. The third-order valence-corrected chi connectivity index (χ3v) is 4.09. The molecule has 1 heterocycles. The number of methoxy groups -OCH3 is 1. The van der Waals surface area contributed by atoms with E-state index in [-0.39, 0.29) is 22.7 Å². The van der Waals surface area contributed by atoms with Crippen LogP contribution in [0, 0.1) is 20.2 Å². The van der Waals surface area contributed by atoms with Gasteiger partial charge in [-0.05, 0) is 24.6 Å². The predicted molar refractivity (Wildman–Crippen MR) is 97.0 cm³/mol. The summed E-state index contributed by atoms with van der Waals surface area (Å²) < 4.78 is 20.9. The van der Waals surface area contributed by atoms with Crippen molar-refractivity contribution < 1.29 is 33.6 Å². The van der Waals surface area contributed by atoms with E-state index in [0.29, 0.717) is 18.8 Å². The highest BCUT2D eigenvalue weighted by Gasteiger charge is 2.25. The van der Waals surface area contributed by atoms with Gasteiger partial charge in [-0.15, -0.1) is 0 Å². The number of benzene rings is 2. The van der Waals surface area contributed by atoms with Crippen molar-refractivity contribution in [2.24, 2.45) is 0 Å². The second-order valence-electron chi connectivity index (χ2n) is 5.94. The molecule has 0 aromatic heterocycles. The largest absolute Gasteiger partial charge is 0.490 e. The Morgan fingerprint density at radius 3 is 2.31 bits per heavy atom. The van der Waals surface area contributed by atoms with Gasteiger partial charge in [0.2, 0.25) is 5.75 Å². The van der Waals surface area contributed by atoms with E-state index < -0.39 is 27.8 Å². The van der Waals surface area contributed by atoms with Crippen molar-refractivity contribution in [3.63, 3.8) is 0 Å². The smallest absolute Gasteiger partial charge is 0.343 e. The average molecular weight is 404 g/mol. The molecule has 11 heteroatoms. The Morgan fingerprint density at radius 1 is 1.00 bits per heavy atom. The van der Waals surface area contributed by atoms with Crippen molar-refractivity contribution in [1.29, 1.82) is 0 Å². The molecule has 11 nitrogen and oxygen atoms in total. The Kier molecular flexibility index (Phi) is 6.00. The molecule has 152 valence electrons. The summed E-state index contributed by atoms with van der Waals surface area (Å²) in [7, 11) is 1.22.